The summed E-state index contributed by atoms with van der Waals surface area (Å²) in [7, 11) is -4.21. The molecule has 2 N–H and O–H groups in total. The Morgan fingerprint density at radius 3 is 1.24 bits per heavy atom. The molecule has 0 aromatic heterocycles. The van der Waals surface area contributed by atoms with E-state index in [0.717, 1.165) is 0 Å². The van der Waals surface area contributed by atoms with Gasteiger partial charge in [0, 0.05) is 22.3 Å². The molecule has 0 aliphatic rings. The highest BCUT2D eigenvalue weighted by atomic mass is 32.2. The van der Waals surface area contributed by atoms with E-state index in [2.05, 4.69) is 0 Å². The van der Waals surface area contributed by atoms with E-state index >= 15 is 0 Å². The summed E-state index contributed by atoms with van der Waals surface area (Å²) >= 11 is 0. The molecule has 0 amide bonds. The first-order valence-corrected chi connectivity index (χ1v) is 14.0. The van der Waals surface area contributed by atoms with Crippen molar-refractivity contribution < 1.29 is 18.6 Å². The van der Waals surface area contributed by atoms with Crippen molar-refractivity contribution in [2.24, 2.45) is 0 Å². The van der Waals surface area contributed by atoms with Crippen molar-refractivity contribution in [3.8, 4) is 17.6 Å². The zero-order valence-corrected chi connectivity index (χ0v) is 25.3. The van der Waals surface area contributed by atoms with Gasteiger partial charge in [-0.3, -0.25) is 0 Å². The van der Waals surface area contributed by atoms with E-state index in [1.165, 1.54) is 18.2 Å². The third-order valence-electron chi connectivity index (χ3n) is 6.46. The number of phenols is 2. The van der Waals surface area contributed by atoms with Gasteiger partial charge in [-0.15, -0.1) is 0 Å². The van der Waals surface area contributed by atoms with Crippen LogP contribution in [0.5, 0.6) is 11.5 Å². The normalized spacial score (nSPS) is 14.0. The SMILES string of the molecule is CC(C)(C)c1cc(/C=C(\C#N)S(=O)(=O)c2cc(C(C)(C)C)c(O)c(C(C)(C)C)c2)cc(C(C)(C)C)c1O. The van der Waals surface area contributed by atoms with E-state index in [1.807, 2.05) is 89.2 Å². The maximum atomic E-state index is 13.8. The highest BCUT2D eigenvalue weighted by Crippen LogP contribution is 2.43. The van der Waals surface area contributed by atoms with Gasteiger partial charge in [0.1, 0.15) is 22.5 Å². The van der Waals surface area contributed by atoms with Crippen molar-refractivity contribution in [3.63, 3.8) is 0 Å². The van der Waals surface area contributed by atoms with Gasteiger partial charge in [0.2, 0.25) is 9.84 Å². The van der Waals surface area contributed by atoms with Gasteiger partial charge in [-0.05, 0) is 57.6 Å². The topological polar surface area (TPSA) is 98.4 Å². The smallest absolute Gasteiger partial charge is 0.216 e. The van der Waals surface area contributed by atoms with Gasteiger partial charge in [0.15, 0.2) is 0 Å². The minimum atomic E-state index is -4.21. The van der Waals surface area contributed by atoms with Gasteiger partial charge < -0.3 is 10.2 Å². The van der Waals surface area contributed by atoms with Crippen LogP contribution in [-0.4, -0.2) is 18.6 Å². The van der Waals surface area contributed by atoms with E-state index in [4.69, 9.17) is 0 Å². The van der Waals surface area contributed by atoms with Crippen LogP contribution in [0.2, 0.25) is 0 Å². The Morgan fingerprint density at radius 1 is 0.676 bits per heavy atom. The maximum absolute atomic E-state index is 13.8. The number of sulfone groups is 1. The largest absolute Gasteiger partial charge is 0.507 e. The van der Waals surface area contributed by atoms with E-state index in [1.54, 1.807) is 12.1 Å². The Labute approximate surface area is 223 Å². The molecule has 37 heavy (non-hydrogen) atoms. The van der Waals surface area contributed by atoms with Gasteiger partial charge >= 0.3 is 0 Å². The van der Waals surface area contributed by atoms with Gasteiger partial charge in [-0.25, -0.2) is 8.42 Å². The predicted octanol–water partition coefficient (Wildman–Crippen LogP) is 7.63. The lowest BCUT2D eigenvalue weighted by molar-refractivity contribution is 0.421. The van der Waals surface area contributed by atoms with Crippen molar-refractivity contribution in [1.82, 2.24) is 0 Å². The second-order valence-electron chi connectivity index (χ2n) is 14.0. The average molecular weight is 526 g/mol. The zero-order chi connectivity index (χ0) is 28.9. The summed E-state index contributed by atoms with van der Waals surface area (Å²) in [6, 6.07) is 8.34. The minimum Gasteiger partial charge on any atom is -0.507 e. The number of rotatable bonds is 3. The molecule has 0 heterocycles. The molecule has 6 heteroatoms. The third-order valence-corrected chi connectivity index (χ3v) is 8.10. The summed E-state index contributed by atoms with van der Waals surface area (Å²) in [6.07, 6.45) is 1.37. The second-order valence-corrected chi connectivity index (χ2v) is 15.9. The number of hydrogen-bond acceptors (Lipinski definition) is 5. The number of nitrogens with zero attached hydrogens (tertiary/aromatic N) is 1. The van der Waals surface area contributed by atoms with Crippen molar-refractivity contribution >= 4 is 15.9 Å². The molecule has 0 atom stereocenters. The molecule has 0 bridgehead atoms. The molecule has 2 aromatic rings. The summed E-state index contributed by atoms with van der Waals surface area (Å²) in [6.45, 7) is 23.3. The van der Waals surface area contributed by atoms with Crippen LogP contribution in [-0.2, 0) is 31.5 Å². The molecule has 0 fully saturated rings. The van der Waals surface area contributed by atoms with Crippen LogP contribution in [0, 0.1) is 11.3 Å². The summed E-state index contributed by atoms with van der Waals surface area (Å²) in [5.74, 6) is 0.256. The van der Waals surface area contributed by atoms with Gasteiger partial charge in [-0.1, -0.05) is 83.1 Å². The lowest BCUT2D eigenvalue weighted by Crippen LogP contribution is -2.19. The number of nitriles is 1. The highest BCUT2D eigenvalue weighted by Gasteiger charge is 2.32. The standard InChI is InChI=1S/C31H43NO4S/c1-28(2,3)22-14-19(15-23(26(22)33)29(4,5)6)13-21(18-32)37(35,36)20-16-24(30(7,8)9)27(34)25(17-20)31(10,11)12/h13-17,33-34H,1-12H3/b21-13+. The van der Waals surface area contributed by atoms with Gasteiger partial charge in [0.05, 0.1) is 4.90 Å². The van der Waals surface area contributed by atoms with Crippen molar-refractivity contribution in [1.29, 1.82) is 5.26 Å². The molecular weight excluding hydrogens is 482 g/mol. The molecule has 202 valence electrons. The summed E-state index contributed by atoms with van der Waals surface area (Å²) < 4.78 is 27.7. The molecule has 0 radical (unpaired) electrons. The summed E-state index contributed by atoms with van der Waals surface area (Å²) in [4.78, 5) is -0.429. The Bertz CT molecular complexity index is 1310. The van der Waals surface area contributed by atoms with Gasteiger partial charge in [0.25, 0.3) is 0 Å². The molecule has 0 aliphatic carbocycles. The van der Waals surface area contributed by atoms with E-state index in [-0.39, 0.29) is 16.4 Å². The molecule has 5 nitrogen and oxygen atoms in total. The third kappa shape index (κ3) is 6.38. The van der Waals surface area contributed by atoms with E-state index < -0.39 is 36.4 Å². The Kier molecular flexibility index (Phi) is 7.82. The predicted molar refractivity (Wildman–Crippen MR) is 152 cm³/mol. The fourth-order valence-electron chi connectivity index (χ4n) is 4.24. The molecule has 0 saturated carbocycles. The molecule has 2 aromatic carbocycles. The number of allylic oxidation sites excluding steroid dienone is 1. The number of benzene rings is 2. The van der Waals surface area contributed by atoms with Crippen LogP contribution in [0.25, 0.3) is 6.08 Å². The highest BCUT2D eigenvalue weighted by molar-refractivity contribution is 7.95. The van der Waals surface area contributed by atoms with Crippen molar-refractivity contribution in [2.45, 2.75) is 110 Å². The first-order valence-electron chi connectivity index (χ1n) is 12.5. The first kappa shape index (κ1) is 30.4. The number of aromatic hydroxyl groups is 2. The maximum Gasteiger partial charge on any atom is 0.216 e. The molecular formula is C31H43NO4S. The zero-order valence-electron chi connectivity index (χ0n) is 24.5. The molecule has 0 unspecified atom stereocenters. The van der Waals surface area contributed by atoms with Crippen LogP contribution >= 0.6 is 0 Å². The Balaban J connectivity index is 2.91. The average Bonchev–Trinajstić information content (AvgIpc) is 2.69. The van der Waals surface area contributed by atoms with Gasteiger partial charge in [-0.2, -0.15) is 5.26 Å². The minimum absolute atomic E-state index is 0.0289. The molecule has 0 aliphatic heterocycles. The summed E-state index contributed by atoms with van der Waals surface area (Å²) in [5, 5.41) is 32.1. The number of hydrogen-bond donors (Lipinski definition) is 2. The molecule has 0 spiro atoms. The van der Waals surface area contributed by atoms with Crippen LogP contribution in [0.4, 0.5) is 0 Å². The van der Waals surface area contributed by atoms with Crippen molar-refractivity contribution in [3.05, 3.63) is 57.0 Å². The van der Waals surface area contributed by atoms with Crippen molar-refractivity contribution in [2.75, 3.05) is 0 Å². The van der Waals surface area contributed by atoms with Crippen LogP contribution in [0.15, 0.2) is 34.1 Å². The Morgan fingerprint density at radius 2 is 0.973 bits per heavy atom. The first-order chi connectivity index (χ1) is 16.4. The summed E-state index contributed by atoms with van der Waals surface area (Å²) in [5.41, 5.74) is 1.04. The molecule has 2 rings (SSSR count). The lowest BCUT2D eigenvalue weighted by Gasteiger charge is -2.28. The second kappa shape index (κ2) is 9.51. The van der Waals surface area contributed by atoms with Crippen LogP contribution in [0.3, 0.4) is 0 Å². The van der Waals surface area contributed by atoms with Crippen LogP contribution in [0.1, 0.15) is 111 Å². The number of phenolic OH excluding ortho intramolecular Hbond substituents is 2. The Hall–Kier alpha value is -2.78. The fraction of sp³-hybridized carbons (Fsp3) is 0.516. The van der Waals surface area contributed by atoms with E-state index in [0.29, 0.717) is 27.8 Å². The molecule has 0 saturated heterocycles. The van der Waals surface area contributed by atoms with E-state index in [9.17, 15) is 23.9 Å². The lowest BCUT2D eigenvalue weighted by atomic mass is 9.78. The quantitative estimate of drug-likeness (QED) is 0.402. The monoisotopic (exact) mass is 525 g/mol. The van der Waals surface area contributed by atoms with Crippen LogP contribution < -0.4 is 0 Å². The fourth-order valence-corrected chi connectivity index (χ4v) is 5.45.